The van der Waals surface area contributed by atoms with Crippen molar-refractivity contribution in [1.29, 1.82) is 0 Å². The normalized spacial score (nSPS) is 22.3. The number of benzene rings is 1. The van der Waals surface area contributed by atoms with E-state index < -0.39 is 0 Å². The van der Waals surface area contributed by atoms with E-state index in [1.54, 1.807) is 17.7 Å². The average Bonchev–Trinajstić information content (AvgIpc) is 3.43. The molecule has 158 valence electrons. The standard InChI is InChI=1S/C23H28N4O2S/c1-26(14-20(28)27-12-4-5-13-27)16-8-10-17(11-9-16)29-22-21-18-6-2-3-7-19(18)30-23(21)25-15-24-22/h2-3,6-7,15-17H,4-5,8-14H2,1H3/t16-,17-. The lowest BCUT2D eigenvalue weighted by Gasteiger charge is -2.34. The number of likely N-dealkylation sites (tertiary alicyclic amines) is 1. The van der Waals surface area contributed by atoms with E-state index in [2.05, 4.69) is 46.2 Å². The van der Waals surface area contributed by atoms with Crippen LogP contribution in [0.3, 0.4) is 0 Å². The summed E-state index contributed by atoms with van der Waals surface area (Å²) < 4.78 is 7.60. The summed E-state index contributed by atoms with van der Waals surface area (Å²) in [6, 6.07) is 8.79. The van der Waals surface area contributed by atoms with Crippen LogP contribution < -0.4 is 4.74 Å². The molecule has 7 heteroatoms. The zero-order chi connectivity index (χ0) is 20.5. The number of thiophene rings is 1. The maximum Gasteiger partial charge on any atom is 0.236 e. The summed E-state index contributed by atoms with van der Waals surface area (Å²) in [4.78, 5) is 26.6. The van der Waals surface area contributed by atoms with Gasteiger partial charge in [-0.15, -0.1) is 11.3 Å². The molecule has 3 aromatic rings. The highest BCUT2D eigenvalue weighted by molar-refractivity contribution is 7.25. The largest absolute Gasteiger partial charge is 0.474 e. The Morgan fingerprint density at radius 1 is 1.17 bits per heavy atom. The van der Waals surface area contributed by atoms with Gasteiger partial charge in [0.15, 0.2) is 0 Å². The van der Waals surface area contributed by atoms with E-state index in [0.717, 1.165) is 61.8 Å². The number of hydrogen-bond donors (Lipinski definition) is 0. The van der Waals surface area contributed by atoms with Gasteiger partial charge in [0, 0.05) is 29.2 Å². The second-order valence-electron chi connectivity index (χ2n) is 8.51. The summed E-state index contributed by atoms with van der Waals surface area (Å²) in [7, 11) is 2.09. The van der Waals surface area contributed by atoms with Crippen molar-refractivity contribution in [2.45, 2.75) is 50.7 Å². The molecule has 6 nitrogen and oxygen atoms in total. The fourth-order valence-corrected chi connectivity index (χ4v) is 5.82. The minimum atomic E-state index is 0.167. The van der Waals surface area contributed by atoms with Crippen LogP contribution in [0, 0.1) is 0 Å². The van der Waals surface area contributed by atoms with Crippen LogP contribution in [0.5, 0.6) is 5.88 Å². The van der Waals surface area contributed by atoms with Gasteiger partial charge < -0.3 is 9.64 Å². The highest BCUT2D eigenvalue weighted by Gasteiger charge is 2.28. The van der Waals surface area contributed by atoms with Gasteiger partial charge in [-0.25, -0.2) is 9.97 Å². The molecule has 0 bridgehead atoms. The Morgan fingerprint density at radius 2 is 1.93 bits per heavy atom. The van der Waals surface area contributed by atoms with E-state index in [1.807, 2.05) is 4.90 Å². The third-order valence-corrected chi connectivity index (χ3v) is 7.61. The van der Waals surface area contributed by atoms with Crippen molar-refractivity contribution >= 4 is 37.5 Å². The van der Waals surface area contributed by atoms with E-state index in [1.165, 1.54) is 10.1 Å². The van der Waals surface area contributed by atoms with Crippen LogP contribution >= 0.6 is 11.3 Å². The third-order valence-electron chi connectivity index (χ3n) is 6.53. The van der Waals surface area contributed by atoms with E-state index in [9.17, 15) is 4.79 Å². The van der Waals surface area contributed by atoms with Crippen LogP contribution in [0.15, 0.2) is 30.6 Å². The van der Waals surface area contributed by atoms with E-state index in [4.69, 9.17) is 4.74 Å². The maximum absolute atomic E-state index is 12.5. The molecule has 0 unspecified atom stereocenters. The van der Waals surface area contributed by atoms with Gasteiger partial charge in [0.1, 0.15) is 17.3 Å². The minimum absolute atomic E-state index is 0.167. The Bertz CT molecular complexity index is 1040. The summed E-state index contributed by atoms with van der Waals surface area (Å²) in [6.45, 7) is 2.39. The maximum atomic E-state index is 12.5. The van der Waals surface area contributed by atoms with Crippen LogP contribution in [-0.4, -0.2) is 64.5 Å². The Kier molecular flexibility index (Phi) is 5.56. The van der Waals surface area contributed by atoms with Crippen LogP contribution in [0.25, 0.3) is 20.3 Å². The number of amides is 1. The first-order chi connectivity index (χ1) is 14.7. The first kappa shape index (κ1) is 19.7. The van der Waals surface area contributed by atoms with Gasteiger partial charge in [-0.2, -0.15) is 0 Å². The van der Waals surface area contributed by atoms with Crippen molar-refractivity contribution in [1.82, 2.24) is 19.8 Å². The number of aromatic nitrogens is 2. The molecule has 2 aliphatic rings. The Hall–Kier alpha value is -2.25. The van der Waals surface area contributed by atoms with Crippen molar-refractivity contribution < 1.29 is 9.53 Å². The highest BCUT2D eigenvalue weighted by atomic mass is 32.1. The van der Waals surface area contributed by atoms with Crippen molar-refractivity contribution in [3.63, 3.8) is 0 Å². The molecule has 1 saturated heterocycles. The molecular weight excluding hydrogens is 396 g/mol. The number of rotatable bonds is 5. The fraction of sp³-hybridized carbons (Fsp3) is 0.522. The topological polar surface area (TPSA) is 58.6 Å². The molecule has 5 rings (SSSR count). The van der Waals surface area contributed by atoms with Gasteiger partial charge in [0.2, 0.25) is 11.8 Å². The second kappa shape index (κ2) is 8.47. The number of fused-ring (bicyclic) bond motifs is 3. The summed E-state index contributed by atoms with van der Waals surface area (Å²) in [5.74, 6) is 0.986. The molecule has 0 atom stereocenters. The van der Waals surface area contributed by atoms with Crippen LogP contribution in [0.4, 0.5) is 0 Å². The lowest BCUT2D eigenvalue weighted by Crippen LogP contribution is -2.44. The van der Waals surface area contributed by atoms with Gasteiger partial charge in [0.05, 0.1) is 11.9 Å². The van der Waals surface area contributed by atoms with Gasteiger partial charge in [-0.1, -0.05) is 18.2 Å². The lowest BCUT2D eigenvalue weighted by atomic mass is 9.92. The quantitative estimate of drug-likeness (QED) is 0.617. The Labute approximate surface area is 180 Å². The molecule has 2 aromatic heterocycles. The summed E-state index contributed by atoms with van der Waals surface area (Å²) in [5.41, 5.74) is 0. The van der Waals surface area contributed by atoms with Crippen molar-refractivity contribution in [3.05, 3.63) is 30.6 Å². The van der Waals surface area contributed by atoms with Gasteiger partial charge in [-0.05, 0) is 51.6 Å². The van der Waals surface area contributed by atoms with E-state index in [0.29, 0.717) is 18.5 Å². The molecular formula is C23H28N4O2S. The predicted octanol–water partition coefficient (Wildman–Crippen LogP) is 4.09. The first-order valence-electron chi connectivity index (χ1n) is 11.0. The monoisotopic (exact) mass is 424 g/mol. The van der Waals surface area contributed by atoms with Crippen molar-refractivity contribution in [2.24, 2.45) is 0 Å². The molecule has 2 fully saturated rings. The van der Waals surface area contributed by atoms with Crippen LogP contribution in [-0.2, 0) is 4.79 Å². The highest BCUT2D eigenvalue weighted by Crippen LogP contribution is 2.38. The molecule has 1 saturated carbocycles. The lowest BCUT2D eigenvalue weighted by molar-refractivity contribution is -0.131. The van der Waals surface area contributed by atoms with E-state index in [-0.39, 0.29) is 12.0 Å². The number of ether oxygens (including phenoxy) is 1. The number of carbonyl (C=O) groups is 1. The molecule has 1 amide bonds. The number of likely N-dealkylation sites (N-methyl/N-ethyl adjacent to an activating group) is 1. The zero-order valence-electron chi connectivity index (χ0n) is 17.4. The predicted molar refractivity (Wildman–Crippen MR) is 120 cm³/mol. The summed E-state index contributed by atoms with van der Waals surface area (Å²) in [6.07, 6.45) is 8.14. The average molecular weight is 425 g/mol. The molecule has 0 radical (unpaired) electrons. The Morgan fingerprint density at radius 3 is 2.73 bits per heavy atom. The molecule has 1 aliphatic carbocycles. The Balaban J connectivity index is 1.22. The SMILES string of the molecule is CN(CC(=O)N1CCCC1)[C@H]1CC[C@H](Oc2ncnc3sc4ccccc4c23)CC1. The number of nitrogens with zero attached hydrogens (tertiary/aromatic N) is 4. The molecule has 30 heavy (non-hydrogen) atoms. The van der Waals surface area contributed by atoms with Gasteiger partial charge >= 0.3 is 0 Å². The molecule has 1 aliphatic heterocycles. The number of hydrogen-bond acceptors (Lipinski definition) is 6. The second-order valence-corrected chi connectivity index (χ2v) is 9.54. The third kappa shape index (κ3) is 3.88. The number of carbonyl (C=O) groups excluding carboxylic acids is 1. The van der Waals surface area contributed by atoms with Crippen molar-refractivity contribution in [3.8, 4) is 5.88 Å². The summed E-state index contributed by atoms with van der Waals surface area (Å²) in [5, 5.41) is 2.20. The van der Waals surface area contributed by atoms with E-state index >= 15 is 0 Å². The van der Waals surface area contributed by atoms with Gasteiger partial charge in [0.25, 0.3) is 0 Å². The molecule has 3 heterocycles. The minimum Gasteiger partial charge on any atom is -0.474 e. The smallest absolute Gasteiger partial charge is 0.236 e. The molecule has 0 N–H and O–H groups in total. The zero-order valence-corrected chi connectivity index (χ0v) is 18.2. The van der Waals surface area contributed by atoms with Crippen molar-refractivity contribution in [2.75, 3.05) is 26.7 Å². The fourth-order valence-electron chi connectivity index (χ4n) is 4.79. The molecule has 1 aromatic carbocycles. The van der Waals surface area contributed by atoms with Crippen LogP contribution in [0.2, 0.25) is 0 Å². The van der Waals surface area contributed by atoms with Crippen LogP contribution in [0.1, 0.15) is 38.5 Å². The summed E-state index contributed by atoms with van der Waals surface area (Å²) >= 11 is 1.68. The molecule has 0 spiro atoms. The first-order valence-corrected chi connectivity index (χ1v) is 11.8. The van der Waals surface area contributed by atoms with Gasteiger partial charge in [-0.3, -0.25) is 9.69 Å².